The number of nitrogens with zero attached hydrogens (tertiary/aromatic N) is 2. The second-order valence-corrected chi connectivity index (χ2v) is 5.68. The van der Waals surface area contributed by atoms with Crippen molar-refractivity contribution in [1.29, 1.82) is 0 Å². The molecule has 1 N–H and O–H groups in total. The number of likely N-dealkylation sites (N-methyl/N-ethyl adjacent to an activating group) is 1. The molecule has 1 aromatic heterocycles. The number of nitrogens with one attached hydrogen (secondary N) is 1. The van der Waals surface area contributed by atoms with Crippen LogP contribution in [0.1, 0.15) is 6.92 Å². The molecule has 1 rings (SSSR count). The van der Waals surface area contributed by atoms with E-state index in [-0.39, 0.29) is 10.0 Å². The van der Waals surface area contributed by atoms with Gasteiger partial charge in [0, 0.05) is 19.3 Å². The second-order valence-electron chi connectivity index (χ2n) is 3.59. The molecule has 0 amide bonds. The van der Waals surface area contributed by atoms with E-state index in [9.17, 15) is 8.42 Å². The Kier molecular flexibility index (Phi) is 5.32. The van der Waals surface area contributed by atoms with Crippen molar-refractivity contribution in [2.24, 2.45) is 0 Å². The highest BCUT2D eigenvalue weighted by molar-refractivity contribution is 7.89. The summed E-state index contributed by atoms with van der Waals surface area (Å²) in [6.07, 6.45) is 1.45. The van der Waals surface area contributed by atoms with Crippen molar-refractivity contribution in [2.75, 3.05) is 26.7 Å². The van der Waals surface area contributed by atoms with E-state index < -0.39 is 10.0 Å². The van der Waals surface area contributed by atoms with Gasteiger partial charge in [-0.2, -0.15) is 0 Å². The van der Waals surface area contributed by atoms with Crippen LogP contribution in [0.4, 0.5) is 0 Å². The van der Waals surface area contributed by atoms with Crippen molar-refractivity contribution in [3.05, 3.63) is 23.5 Å². The molecule has 0 radical (unpaired) electrons. The third-order valence-corrected chi connectivity index (χ3v) is 4.25. The Morgan fingerprint density at radius 3 is 2.82 bits per heavy atom. The standard InChI is InChI=1S/C10H16ClN3O2S/c1-3-14(2)8-7-13-17(15,16)9-5-4-6-12-10(9)11/h4-6,13H,3,7-8H2,1-2H3. The lowest BCUT2D eigenvalue weighted by molar-refractivity contribution is 0.358. The fourth-order valence-corrected chi connectivity index (χ4v) is 2.65. The number of hydrogen-bond acceptors (Lipinski definition) is 4. The minimum atomic E-state index is -3.57. The number of hydrogen-bond donors (Lipinski definition) is 1. The maximum atomic E-state index is 11.9. The summed E-state index contributed by atoms with van der Waals surface area (Å²) in [6.45, 7) is 3.87. The third-order valence-electron chi connectivity index (χ3n) is 2.34. The lowest BCUT2D eigenvalue weighted by Crippen LogP contribution is -2.33. The van der Waals surface area contributed by atoms with Crippen LogP contribution in [0.2, 0.25) is 5.15 Å². The molecule has 0 fully saturated rings. The third kappa shape index (κ3) is 4.23. The quantitative estimate of drug-likeness (QED) is 0.787. The molecule has 0 aliphatic heterocycles. The van der Waals surface area contributed by atoms with Crippen molar-refractivity contribution in [2.45, 2.75) is 11.8 Å². The van der Waals surface area contributed by atoms with Gasteiger partial charge in [0.2, 0.25) is 10.0 Å². The first-order valence-electron chi connectivity index (χ1n) is 5.26. The lowest BCUT2D eigenvalue weighted by atomic mass is 10.5. The number of pyridine rings is 1. The van der Waals surface area contributed by atoms with Crippen molar-refractivity contribution in [3.8, 4) is 0 Å². The van der Waals surface area contributed by atoms with Gasteiger partial charge in [0.05, 0.1) is 0 Å². The number of sulfonamides is 1. The molecule has 1 heterocycles. The van der Waals surface area contributed by atoms with Crippen molar-refractivity contribution in [1.82, 2.24) is 14.6 Å². The van der Waals surface area contributed by atoms with Gasteiger partial charge in [-0.1, -0.05) is 18.5 Å². The summed E-state index contributed by atoms with van der Waals surface area (Å²) < 4.78 is 26.2. The first-order valence-corrected chi connectivity index (χ1v) is 7.12. The Morgan fingerprint density at radius 2 is 2.24 bits per heavy atom. The number of halogens is 1. The predicted molar refractivity (Wildman–Crippen MR) is 67.6 cm³/mol. The molecule has 0 aromatic carbocycles. The van der Waals surface area contributed by atoms with Gasteiger partial charge in [0.15, 0.2) is 0 Å². The van der Waals surface area contributed by atoms with E-state index in [1.807, 2.05) is 18.9 Å². The molecule has 0 saturated heterocycles. The Balaban J connectivity index is 2.67. The molecule has 0 spiro atoms. The summed E-state index contributed by atoms with van der Waals surface area (Å²) in [5.41, 5.74) is 0. The van der Waals surface area contributed by atoms with Crippen LogP contribution in [-0.2, 0) is 10.0 Å². The molecular weight excluding hydrogens is 262 g/mol. The molecule has 96 valence electrons. The number of rotatable bonds is 6. The topological polar surface area (TPSA) is 62.3 Å². The SMILES string of the molecule is CCN(C)CCNS(=O)(=O)c1cccnc1Cl. The molecule has 7 heteroatoms. The van der Waals surface area contributed by atoms with Gasteiger partial charge in [-0.15, -0.1) is 0 Å². The van der Waals surface area contributed by atoms with Gasteiger partial charge in [-0.05, 0) is 25.7 Å². The summed E-state index contributed by atoms with van der Waals surface area (Å²) in [5.74, 6) is 0. The summed E-state index contributed by atoms with van der Waals surface area (Å²) in [6, 6.07) is 2.97. The summed E-state index contributed by atoms with van der Waals surface area (Å²) in [4.78, 5) is 5.76. The maximum absolute atomic E-state index is 11.9. The molecule has 1 aromatic rings. The molecule has 0 atom stereocenters. The van der Waals surface area contributed by atoms with Gasteiger partial charge in [0.1, 0.15) is 10.0 Å². The molecule has 0 unspecified atom stereocenters. The zero-order valence-electron chi connectivity index (χ0n) is 9.85. The highest BCUT2D eigenvalue weighted by atomic mass is 35.5. The molecular formula is C10H16ClN3O2S. The summed E-state index contributed by atoms with van der Waals surface area (Å²) in [5, 5.41) is -0.0103. The van der Waals surface area contributed by atoms with Crippen molar-refractivity contribution in [3.63, 3.8) is 0 Å². The Bertz CT molecular complexity index is 464. The van der Waals surface area contributed by atoms with Gasteiger partial charge >= 0.3 is 0 Å². The zero-order valence-corrected chi connectivity index (χ0v) is 11.4. The van der Waals surface area contributed by atoms with Gasteiger partial charge < -0.3 is 4.90 Å². The molecule has 5 nitrogen and oxygen atoms in total. The number of aromatic nitrogens is 1. The van der Waals surface area contributed by atoms with Crippen LogP contribution in [0.5, 0.6) is 0 Å². The fourth-order valence-electron chi connectivity index (χ4n) is 1.18. The molecule has 0 aliphatic rings. The van der Waals surface area contributed by atoms with Crippen LogP contribution in [0.3, 0.4) is 0 Å². The van der Waals surface area contributed by atoms with E-state index in [1.54, 1.807) is 6.07 Å². The molecule has 17 heavy (non-hydrogen) atoms. The molecule has 0 saturated carbocycles. The smallest absolute Gasteiger partial charge is 0.243 e. The minimum absolute atomic E-state index is 0.0103. The van der Waals surface area contributed by atoms with E-state index in [1.165, 1.54) is 12.3 Å². The van der Waals surface area contributed by atoms with Crippen molar-refractivity contribution < 1.29 is 8.42 Å². The average Bonchev–Trinajstić information content (AvgIpc) is 2.28. The normalized spacial score (nSPS) is 12.0. The van der Waals surface area contributed by atoms with Gasteiger partial charge in [0.25, 0.3) is 0 Å². The van der Waals surface area contributed by atoms with E-state index in [4.69, 9.17) is 11.6 Å². The predicted octanol–water partition coefficient (Wildman–Crippen LogP) is 0.965. The van der Waals surface area contributed by atoms with Gasteiger partial charge in [-0.3, -0.25) is 0 Å². The highest BCUT2D eigenvalue weighted by Gasteiger charge is 2.17. The summed E-state index contributed by atoms with van der Waals surface area (Å²) in [7, 11) is -1.64. The van der Waals surface area contributed by atoms with Crippen LogP contribution >= 0.6 is 11.6 Å². The fraction of sp³-hybridized carbons (Fsp3) is 0.500. The van der Waals surface area contributed by atoms with Gasteiger partial charge in [-0.25, -0.2) is 18.1 Å². The first kappa shape index (κ1) is 14.4. The largest absolute Gasteiger partial charge is 0.305 e. The van der Waals surface area contributed by atoms with Crippen molar-refractivity contribution >= 4 is 21.6 Å². The van der Waals surface area contributed by atoms with E-state index in [0.29, 0.717) is 13.1 Å². The van der Waals surface area contributed by atoms with E-state index in [2.05, 4.69) is 9.71 Å². The Morgan fingerprint density at radius 1 is 1.53 bits per heavy atom. The maximum Gasteiger partial charge on any atom is 0.243 e. The molecule has 0 bridgehead atoms. The van der Waals surface area contributed by atoms with Crippen LogP contribution < -0.4 is 4.72 Å². The monoisotopic (exact) mass is 277 g/mol. The lowest BCUT2D eigenvalue weighted by Gasteiger charge is -2.14. The van der Waals surface area contributed by atoms with E-state index >= 15 is 0 Å². The highest BCUT2D eigenvalue weighted by Crippen LogP contribution is 2.16. The second kappa shape index (κ2) is 6.30. The Hall–Kier alpha value is -0.690. The van der Waals surface area contributed by atoms with Crippen LogP contribution in [0.15, 0.2) is 23.2 Å². The Labute approximate surface area is 107 Å². The minimum Gasteiger partial charge on any atom is -0.305 e. The summed E-state index contributed by atoms with van der Waals surface area (Å²) >= 11 is 5.74. The van der Waals surface area contributed by atoms with Crippen LogP contribution in [-0.4, -0.2) is 45.0 Å². The van der Waals surface area contributed by atoms with E-state index in [0.717, 1.165) is 6.54 Å². The van der Waals surface area contributed by atoms with Crippen LogP contribution in [0, 0.1) is 0 Å². The van der Waals surface area contributed by atoms with Crippen LogP contribution in [0.25, 0.3) is 0 Å². The average molecular weight is 278 g/mol. The zero-order chi connectivity index (χ0) is 12.9. The first-order chi connectivity index (χ1) is 7.97. The molecule has 0 aliphatic carbocycles.